The van der Waals surface area contributed by atoms with Crippen molar-refractivity contribution in [2.75, 3.05) is 5.75 Å². The van der Waals surface area contributed by atoms with Gasteiger partial charge in [0.2, 0.25) is 11.7 Å². The molecule has 4 rings (SSSR count). The Morgan fingerprint density at radius 2 is 1.97 bits per heavy atom. The molecule has 3 aromatic rings. The average Bonchev–Trinajstić information content (AvgIpc) is 3.13. The molecule has 3 heterocycles. The highest BCUT2D eigenvalue weighted by molar-refractivity contribution is 7.99. The minimum absolute atomic E-state index is 0.121. The number of piperidine rings is 1. The van der Waals surface area contributed by atoms with Crippen LogP contribution in [0.1, 0.15) is 33.1 Å². The fourth-order valence-corrected chi connectivity index (χ4v) is 5.04. The van der Waals surface area contributed by atoms with Crippen molar-refractivity contribution in [3.8, 4) is 0 Å². The van der Waals surface area contributed by atoms with Crippen molar-refractivity contribution in [2.45, 2.75) is 56.9 Å². The number of rotatable bonds is 5. The van der Waals surface area contributed by atoms with Crippen molar-refractivity contribution in [2.24, 2.45) is 0 Å². The minimum atomic E-state index is -0.121. The van der Waals surface area contributed by atoms with Crippen LogP contribution in [0, 0.1) is 0 Å². The molecule has 1 aromatic carbocycles. The fraction of sp³-hybridized carbons (Fsp3) is 0.429. The summed E-state index contributed by atoms with van der Waals surface area (Å²) in [6.45, 7) is 8.32. The van der Waals surface area contributed by atoms with Crippen molar-refractivity contribution in [3.63, 3.8) is 0 Å². The third-order valence-electron chi connectivity index (χ3n) is 5.60. The summed E-state index contributed by atoms with van der Waals surface area (Å²) < 4.78 is 3.42. The predicted octanol–water partition coefficient (Wildman–Crippen LogP) is 3.11. The molecule has 0 saturated carbocycles. The molecule has 0 radical (unpaired) electrons. The normalized spacial score (nSPS) is 19.7. The van der Waals surface area contributed by atoms with Gasteiger partial charge in [-0.05, 0) is 45.2 Å². The van der Waals surface area contributed by atoms with E-state index in [1.54, 1.807) is 16.7 Å². The Morgan fingerprint density at radius 3 is 2.69 bits per heavy atom. The third kappa shape index (κ3) is 3.46. The number of nitrogens with zero attached hydrogens (tertiary/aromatic N) is 5. The largest absolute Gasteiger partial charge is 0.337 e. The number of allylic oxidation sites excluding steroid dienone is 1. The highest BCUT2D eigenvalue weighted by atomic mass is 32.2. The van der Waals surface area contributed by atoms with E-state index in [0.29, 0.717) is 28.6 Å². The van der Waals surface area contributed by atoms with Crippen LogP contribution in [-0.4, -0.2) is 47.8 Å². The molecule has 1 saturated heterocycles. The first kappa shape index (κ1) is 19.7. The highest BCUT2D eigenvalue weighted by Gasteiger charge is 2.29. The number of hydrogen-bond donors (Lipinski definition) is 0. The lowest BCUT2D eigenvalue weighted by molar-refractivity contribution is -0.134. The van der Waals surface area contributed by atoms with Crippen molar-refractivity contribution in [1.82, 2.24) is 24.1 Å². The molecule has 7 nitrogen and oxygen atoms in total. The topological polar surface area (TPSA) is 72.5 Å². The molecule has 1 aliphatic rings. The van der Waals surface area contributed by atoms with E-state index >= 15 is 0 Å². The number of amides is 1. The number of likely N-dealkylation sites (tertiary alicyclic amines) is 1. The fourth-order valence-electron chi connectivity index (χ4n) is 4.23. The molecular formula is C21H25N5O2S. The number of hydrogen-bond acceptors (Lipinski definition) is 5. The van der Waals surface area contributed by atoms with Gasteiger partial charge in [-0.1, -0.05) is 30.0 Å². The monoisotopic (exact) mass is 411 g/mol. The Balaban J connectivity index is 1.71. The van der Waals surface area contributed by atoms with E-state index in [4.69, 9.17) is 0 Å². The second kappa shape index (κ2) is 8.02. The zero-order chi connectivity index (χ0) is 20.5. The van der Waals surface area contributed by atoms with Gasteiger partial charge in [0.05, 0.1) is 16.7 Å². The minimum Gasteiger partial charge on any atom is -0.337 e. The summed E-state index contributed by atoms with van der Waals surface area (Å²) in [4.78, 5) is 27.8. The number of carbonyl (C=O) groups excluding carboxylic acids is 1. The van der Waals surface area contributed by atoms with Crippen molar-refractivity contribution in [3.05, 3.63) is 47.3 Å². The Hall–Kier alpha value is -2.61. The molecule has 1 aliphatic heterocycles. The number of fused-ring (bicyclic) bond motifs is 3. The van der Waals surface area contributed by atoms with Gasteiger partial charge in [-0.15, -0.1) is 16.8 Å². The van der Waals surface area contributed by atoms with Crippen LogP contribution in [0.25, 0.3) is 16.7 Å². The number of carbonyl (C=O) groups is 1. The van der Waals surface area contributed by atoms with E-state index in [2.05, 4.69) is 30.6 Å². The summed E-state index contributed by atoms with van der Waals surface area (Å²) in [6, 6.07) is 7.93. The van der Waals surface area contributed by atoms with Crippen LogP contribution >= 0.6 is 11.8 Å². The molecule has 8 heteroatoms. The first-order valence-corrected chi connectivity index (χ1v) is 10.9. The van der Waals surface area contributed by atoms with E-state index < -0.39 is 0 Å². The molecule has 1 fully saturated rings. The summed E-state index contributed by atoms with van der Waals surface area (Å²) in [5, 5.41) is 9.75. The lowest BCUT2D eigenvalue weighted by Gasteiger charge is -2.39. The maximum Gasteiger partial charge on any atom is 0.263 e. The maximum atomic E-state index is 12.9. The smallest absolute Gasteiger partial charge is 0.263 e. The Kier molecular flexibility index (Phi) is 5.45. The van der Waals surface area contributed by atoms with Gasteiger partial charge in [-0.2, -0.15) is 0 Å². The van der Waals surface area contributed by atoms with Gasteiger partial charge in [-0.25, -0.2) is 0 Å². The van der Waals surface area contributed by atoms with Crippen LogP contribution in [0.4, 0.5) is 0 Å². The van der Waals surface area contributed by atoms with Gasteiger partial charge in [-0.3, -0.25) is 18.6 Å². The van der Waals surface area contributed by atoms with E-state index in [0.717, 1.165) is 18.4 Å². The maximum absolute atomic E-state index is 12.9. The third-order valence-corrected chi connectivity index (χ3v) is 6.51. The summed E-state index contributed by atoms with van der Waals surface area (Å²) >= 11 is 1.37. The molecule has 152 valence electrons. The highest BCUT2D eigenvalue weighted by Crippen LogP contribution is 2.26. The number of benzene rings is 1. The molecule has 2 atom stereocenters. The van der Waals surface area contributed by atoms with Crippen LogP contribution in [0.2, 0.25) is 0 Å². The molecular weight excluding hydrogens is 386 g/mol. The van der Waals surface area contributed by atoms with Crippen LogP contribution in [0.15, 0.2) is 46.9 Å². The Bertz CT molecular complexity index is 1130. The van der Waals surface area contributed by atoms with Crippen molar-refractivity contribution < 1.29 is 4.79 Å². The van der Waals surface area contributed by atoms with E-state index in [1.807, 2.05) is 27.5 Å². The standard InChI is InChI=1S/C21H25N5O2S/c1-4-12-24-19(28)16-10-5-6-11-17(16)26-20(24)22-23-21(26)29-13-18(27)25-14(2)8-7-9-15(25)3/h4-6,10-11,14-15H,1,7-9,12-13H2,2-3H3/t14-,15-/m0/s1. The zero-order valence-corrected chi connectivity index (χ0v) is 17.6. The molecule has 0 bridgehead atoms. The molecule has 0 aliphatic carbocycles. The molecule has 2 aromatic heterocycles. The van der Waals surface area contributed by atoms with Crippen LogP contribution in [-0.2, 0) is 11.3 Å². The SMILES string of the molecule is C=CCn1c(=O)c2ccccc2n2c(SCC(=O)N3[C@@H](C)CCC[C@@H]3C)nnc12. The van der Waals surface area contributed by atoms with Gasteiger partial charge < -0.3 is 4.90 Å². The van der Waals surface area contributed by atoms with Gasteiger partial charge in [0, 0.05) is 18.6 Å². The quantitative estimate of drug-likeness (QED) is 0.476. The van der Waals surface area contributed by atoms with Crippen LogP contribution < -0.4 is 5.56 Å². The van der Waals surface area contributed by atoms with Crippen molar-refractivity contribution in [1.29, 1.82) is 0 Å². The molecule has 0 N–H and O–H groups in total. The molecule has 1 amide bonds. The summed E-state index contributed by atoms with van der Waals surface area (Å²) in [5.74, 6) is 0.878. The zero-order valence-electron chi connectivity index (χ0n) is 16.7. The predicted molar refractivity (Wildman–Crippen MR) is 115 cm³/mol. The first-order valence-electron chi connectivity index (χ1n) is 9.94. The Labute approximate surface area is 173 Å². The van der Waals surface area contributed by atoms with Crippen molar-refractivity contribution >= 4 is 34.3 Å². The van der Waals surface area contributed by atoms with E-state index in [9.17, 15) is 9.59 Å². The number of thioether (sulfide) groups is 1. The average molecular weight is 412 g/mol. The summed E-state index contributed by atoms with van der Waals surface area (Å²) in [5.41, 5.74) is 0.622. The van der Waals surface area contributed by atoms with Crippen LogP contribution in [0.3, 0.4) is 0 Å². The van der Waals surface area contributed by atoms with Gasteiger partial charge in [0.1, 0.15) is 0 Å². The first-order chi connectivity index (χ1) is 14.0. The second-order valence-electron chi connectivity index (χ2n) is 7.56. The summed E-state index contributed by atoms with van der Waals surface area (Å²) in [6.07, 6.45) is 4.93. The lowest BCUT2D eigenvalue weighted by Crippen LogP contribution is -2.48. The van der Waals surface area contributed by atoms with E-state index in [-0.39, 0.29) is 23.6 Å². The summed E-state index contributed by atoms with van der Waals surface area (Å²) in [7, 11) is 0. The van der Waals surface area contributed by atoms with E-state index in [1.165, 1.54) is 18.2 Å². The van der Waals surface area contributed by atoms with Crippen LogP contribution in [0.5, 0.6) is 0 Å². The second-order valence-corrected chi connectivity index (χ2v) is 8.50. The molecule has 0 unspecified atom stereocenters. The Morgan fingerprint density at radius 1 is 1.24 bits per heavy atom. The lowest BCUT2D eigenvalue weighted by atomic mass is 9.98. The molecule has 29 heavy (non-hydrogen) atoms. The van der Waals surface area contributed by atoms with Gasteiger partial charge in [0.15, 0.2) is 5.16 Å². The van der Waals surface area contributed by atoms with Gasteiger partial charge in [0.25, 0.3) is 5.56 Å². The van der Waals surface area contributed by atoms with Gasteiger partial charge >= 0.3 is 0 Å². The molecule has 0 spiro atoms. The number of aromatic nitrogens is 4. The number of para-hydroxylation sites is 1.